The van der Waals surface area contributed by atoms with Crippen LogP contribution < -0.4 is 9.62 Å². The predicted octanol–water partition coefficient (Wildman–Crippen LogP) is 2.83. The van der Waals surface area contributed by atoms with E-state index in [0.29, 0.717) is 16.7 Å². The summed E-state index contributed by atoms with van der Waals surface area (Å²) >= 11 is 3.37. The lowest BCUT2D eigenvalue weighted by atomic mass is 10.2. The molecule has 5 nitrogen and oxygen atoms in total. The van der Waals surface area contributed by atoms with Crippen molar-refractivity contribution in [2.24, 2.45) is 0 Å². The molecule has 0 atom stereocenters. The number of aryl methyl sites for hydroxylation is 1. The molecule has 0 unspecified atom stereocenters. The van der Waals surface area contributed by atoms with Gasteiger partial charge in [-0.25, -0.2) is 8.42 Å². The first kappa shape index (κ1) is 19.0. The molecule has 0 bridgehead atoms. The predicted molar refractivity (Wildman–Crippen MR) is 93.6 cm³/mol. The quantitative estimate of drug-likeness (QED) is 0.693. The molecule has 0 aliphatic carbocycles. The average Bonchev–Trinajstić information content (AvgIpc) is 2.41. The van der Waals surface area contributed by atoms with Gasteiger partial charge in [-0.3, -0.25) is 9.10 Å². The molecular weight excluding hydrogens is 368 g/mol. The van der Waals surface area contributed by atoms with Crippen LogP contribution in [-0.2, 0) is 14.8 Å². The van der Waals surface area contributed by atoms with E-state index in [0.717, 1.165) is 35.4 Å². The van der Waals surface area contributed by atoms with Crippen LogP contribution in [0.3, 0.4) is 0 Å². The molecule has 124 valence electrons. The molecule has 0 radical (unpaired) electrons. The Morgan fingerprint density at radius 1 is 1.32 bits per heavy atom. The van der Waals surface area contributed by atoms with Gasteiger partial charge in [-0.2, -0.15) is 0 Å². The van der Waals surface area contributed by atoms with Gasteiger partial charge in [0.1, 0.15) is 6.54 Å². The number of hydrogen-bond acceptors (Lipinski definition) is 3. The maximum atomic E-state index is 12.0. The fourth-order valence-electron chi connectivity index (χ4n) is 1.98. The van der Waals surface area contributed by atoms with Crippen molar-refractivity contribution in [3.63, 3.8) is 0 Å². The summed E-state index contributed by atoms with van der Waals surface area (Å²) in [4.78, 5) is 12.0. The van der Waals surface area contributed by atoms with E-state index < -0.39 is 10.0 Å². The fraction of sp³-hybridized carbons (Fsp3) is 0.533. The highest BCUT2D eigenvalue weighted by atomic mass is 79.9. The van der Waals surface area contributed by atoms with Crippen LogP contribution in [-0.4, -0.2) is 33.7 Å². The zero-order valence-corrected chi connectivity index (χ0v) is 15.6. The molecular formula is C15H23BrN2O3S. The number of sulfonamides is 1. The Hall–Kier alpha value is -1.08. The average molecular weight is 391 g/mol. The van der Waals surface area contributed by atoms with Crippen LogP contribution in [0.4, 0.5) is 5.69 Å². The molecule has 1 aromatic rings. The van der Waals surface area contributed by atoms with E-state index in [4.69, 9.17) is 0 Å². The van der Waals surface area contributed by atoms with E-state index in [1.54, 1.807) is 6.07 Å². The van der Waals surface area contributed by atoms with E-state index in [1.165, 1.54) is 0 Å². The highest BCUT2D eigenvalue weighted by Crippen LogP contribution is 2.28. The standard InChI is InChI=1S/C15H23BrN2O3S/c1-4-5-6-9-17-15(19)11-18(22(3,20)21)14-8-7-12(2)10-13(14)16/h7-8,10H,4-6,9,11H2,1-3H3,(H,17,19). The number of benzene rings is 1. The number of nitrogens with one attached hydrogen (secondary N) is 1. The molecule has 0 aliphatic heterocycles. The van der Waals surface area contributed by atoms with Gasteiger partial charge in [0.15, 0.2) is 0 Å². The van der Waals surface area contributed by atoms with Gasteiger partial charge in [0, 0.05) is 11.0 Å². The van der Waals surface area contributed by atoms with Crippen molar-refractivity contribution in [2.45, 2.75) is 33.1 Å². The lowest BCUT2D eigenvalue weighted by Gasteiger charge is -2.23. The van der Waals surface area contributed by atoms with Crippen LogP contribution in [0.25, 0.3) is 0 Å². The Balaban J connectivity index is 2.85. The molecule has 0 aromatic heterocycles. The second-order valence-electron chi connectivity index (χ2n) is 5.28. The lowest BCUT2D eigenvalue weighted by molar-refractivity contribution is -0.119. The van der Waals surface area contributed by atoms with Gasteiger partial charge in [-0.1, -0.05) is 25.8 Å². The Morgan fingerprint density at radius 3 is 2.55 bits per heavy atom. The Kier molecular flexibility index (Phi) is 7.35. The second-order valence-corrected chi connectivity index (χ2v) is 8.04. The van der Waals surface area contributed by atoms with Crippen molar-refractivity contribution in [1.82, 2.24) is 5.32 Å². The van der Waals surface area contributed by atoms with Gasteiger partial charge in [-0.15, -0.1) is 0 Å². The van der Waals surface area contributed by atoms with E-state index in [9.17, 15) is 13.2 Å². The van der Waals surface area contributed by atoms with E-state index in [1.807, 2.05) is 19.1 Å². The summed E-state index contributed by atoms with van der Waals surface area (Å²) in [6.45, 7) is 4.36. The van der Waals surface area contributed by atoms with Crippen LogP contribution in [0.1, 0.15) is 31.7 Å². The topological polar surface area (TPSA) is 66.5 Å². The lowest BCUT2D eigenvalue weighted by Crippen LogP contribution is -2.40. The Labute approximate surface area is 141 Å². The van der Waals surface area contributed by atoms with Crippen LogP contribution in [0.5, 0.6) is 0 Å². The van der Waals surface area contributed by atoms with Crippen LogP contribution in [0.2, 0.25) is 0 Å². The summed E-state index contributed by atoms with van der Waals surface area (Å²) in [5.74, 6) is -0.297. The molecule has 22 heavy (non-hydrogen) atoms. The number of carbonyl (C=O) groups excluding carboxylic acids is 1. The van der Waals surface area contributed by atoms with Crippen LogP contribution in [0, 0.1) is 6.92 Å². The van der Waals surface area contributed by atoms with Crippen molar-refractivity contribution in [3.8, 4) is 0 Å². The molecule has 1 N–H and O–H groups in total. The van der Waals surface area contributed by atoms with E-state index in [2.05, 4.69) is 28.2 Å². The normalized spacial score (nSPS) is 11.3. The van der Waals surface area contributed by atoms with Gasteiger partial charge in [0.2, 0.25) is 15.9 Å². The second kappa shape index (κ2) is 8.53. The molecule has 0 fully saturated rings. The molecule has 1 amide bonds. The van der Waals surface area contributed by atoms with Crippen molar-refractivity contribution >= 4 is 37.5 Å². The van der Waals surface area contributed by atoms with E-state index in [-0.39, 0.29) is 12.5 Å². The minimum Gasteiger partial charge on any atom is -0.355 e. The number of nitrogens with zero attached hydrogens (tertiary/aromatic N) is 1. The first-order valence-corrected chi connectivity index (χ1v) is 9.90. The maximum absolute atomic E-state index is 12.0. The van der Waals surface area contributed by atoms with Gasteiger partial charge in [0.25, 0.3) is 0 Å². The molecule has 0 spiro atoms. The molecule has 1 aromatic carbocycles. The third-order valence-electron chi connectivity index (χ3n) is 3.16. The number of halogens is 1. The number of unbranched alkanes of at least 4 members (excludes halogenated alkanes) is 2. The molecule has 0 aliphatic rings. The maximum Gasteiger partial charge on any atom is 0.240 e. The number of hydrogen-bond donors (Lipinski definition) is 1. The number of carbonyl (C=O) groups is 1. The molecule has 7 heteroatoms. The minimum atomic E-state index is -3.54. The van der Waals surface area contributed by atoms with Gasteiger partial charge in [-0.05, 0) is 47.0 Å². The number of amides is 1. The first-order valence-electron chi connectivity index (χ1n) is 7.26. The van der Waals surface area contributed by atoms with E-state index >= 15 is 0 Å². The molecule has 0 saturated heterocycles. The van der Waals surface area contributed by atoms with Crippen LogP contribution >= 0.6 is 15.9 Å². The van der Waals surface area contributed by atoms with Crippen molar-refractivity contribution in [2.75, 3.05) is 23.7 Å². The molecule has 0 saturated carbocycles. The smallest absolute Gasteiger partial charge is 0.240 e. The Bertz CT molecular complexity index is 617. The largest absolute Gasteiger partial charge is 0.355 e. The van der Waals surface area contributed by atoms with Crippen molar-refractivity contribution in [3.05, 3.63) is 28.2 Å². The summed E-state index contributed by atoms with van der Waals surface area (Å²) in [5.41, 5.74) is 1.48. The van der Waals surface area contributed by atoms with Gasteiger partial charge >= 0.3 is 0 Å². The van der Waals surface area contributed by atoms with Gasteiger partial charge < -0.3 is 5.32 Å². The third-order valence-corrected chi connectivity index (χ3v) is 4.92. The van der Waals surface area contributed by atoms with Crippen LogP contribution in [0.15, 0.2) is 22.7 Å². The minimum absolute atomic E-state index is 0.216. The zero-order valence-electron chi connectivity index (χ0n) is 13.2. The highest BCUT2D eigenvalue weighted by Gasteiger charge is 2.22. The monoisotopic (exact) mass is 390 g/mol. The summed E-state index contributed by atoms with van der Waals surface area (Å²) in [7, 11) is -3.54. The highest BCUT2D eigenvalue weighted by molar-refractivity contribution is 9.10. The van der Waals surface area contributed by atoms with Crippen molar-refractivity contribution < 1.29 is 13.2 Å². The number of rotatable bonds is 8. The van der Waals surface area contributed by atoms with Crippen molar-refractivity contribution in [1.29, 1.82) is 0 Å². The zero-order chi connectivity index (χ0) is 16.8. The fourth-order valence-corrected chi connectivity index (χ4v) is 3.68. The Morgan fingerprint density at radius 2 is 2.00 bits per heavy atom. The SMILES string of the molecule is CCCCCNC(=O)CN(c1ccc(C)cc1Br)S(C)(=O)=O. The number of anilines is 1. The summed E-state index contributed by atoms with van der Waals surface area (Å²) in [6, 6.07) is 5.34. The first-order chi connectivity index (χ1) is 10.3. The summed E-state index contributed by atoms with van der Waals surface area (Å²) in [6.07, 6.45) is 4.11. The van der Waals surface area contributed by atoms with Gasteiger partial charge in [0.05, 0.1) is 11.9 Å². The molecule has 0 heterocycles. The third kappa shape index (κ3) is 5.96. The summed E-state index contributed by atoms with van der Waals surface area (Å²) < 4.78 is 25.8. The summed E-state index contributed by atoms with van der Waals surface area (Å²) in [5, 5.41) is 2.76. The molecule has 1 rings (SSSR count).